The summed E-state index contributed by atoms with van der Waals surface area (Å²) in [5, 5.41) is 0. The van der Waals surface area contributed by atoms with Crippen molar-refractivity contribution in [1.82, 2.24) is 4.90 Å². The lowest BCUT2D eigenvalue weighted by atomic mass is 9.84. The highest BCUT2D eigenvalue weighted by atomic mass is 32.2. The maximum atomic E-state index is 11.8. The third-order valence-electron chi connectivity index (χ3n) is 3.79. The van der Waals surface area contributed by atoms with Gasteiger partial charge in [0, 0.05) is 13.1 Å². The molecule has 1 amide bonds. The summed E-state index contributed by atoms with van der Waals surface area (Å²) in [6.45, 7) is 8.03. The van der Waals surface area contributed by atoms with Crippen molar-refractivity contribution in [2.24, 2.45) is 11.8 Å². The van der Waals surface area contributed by atoms with Crippen LogP contribution in [-0.2, 0) is 24.2 Å². The molecule has 0 aromatic rings. The lowest BCUT2D eigenvalue weighted by Crippen LogP contribution is -2.41. The summed E-state index contributed by atoms with van der Waals surface area (Å²) < 4.78 is 21.2. The summed E-state index contributed by atoms with van der Waals surface area (Å²) in [7, 11) is 0. The molecule has 2 atom stereocenters. The summed E-state index contributed by atoms with van der Waals surface area (Å²) in [6, 6.07) is 0. The van der Waals surface area contributed by atoms with Gasteiger partial charge in [-0.05, 0) is 44.9 Å². The Balaban J connectivity index is 2.27. The summed E-state index contributed by atoms with van der Waals surface area (Å²) in [5.74, 6) is 1.14. The number of rotatable bonds is 6. The van der Waals surface area contributed by atoms with Crippen LogP contribution in [0.4, 0.5) is 4.79 Å². The SMILES string of the molecule is CC(C)OC(=O)N1CCC([C@H](C)CCO[SH+](C)=O)CC1. The fraction of sp³-hybridized carbons (Fsp3) is 0.929. The second kappa shape index (κ2) is 8.62. The van der Waals surface area contributed by atoms with Gasteiger partial charge in [-0.3, -0.25) is 0 Å². The molecule has 0 aromatic heterocycles. The molecule has 0 aliphatic carbocycles. The van der Waals surface area contributed by atoms with Gasteiger partial charge >= 0.3 is 6.09 Å². The Morgan fingerprint density at radius 1 is 1.30 bits per heavy atom. The summed E-state index contributed by atoms with van der Waals surface area (Å²) >= 11 is -1.49. The third-order valence-corrected chi connectivity index (χ3v) is 4.33. The Bertz CT molecular complexity index is 327. The normalized spacial score (nSPS) is 19.9. The Morgan fingerprint density at radius 3 is 2.40 bits per heavy atom. The van der Waals surface area contributed by atoms with Crippen molar-refractivity contribution in [3.05, 3.63) is 0 Å². The van der Waals surface area contributed by atoms with Crippen molar-refractivity contribution in [1.29, 1.82) is 0 Å². The molecule has 5 nitrogen and oxygen atoms in total. The predicted molar refractivity (Wildman–Crippen MR) is 81.0 cm³/mol. The highest BCUT2D eigenvalue weighted by Gasteiger charge is 2.27. The third kappa shape index (κ3) is 6.22. The van der Waals surface area contributed by atoms with Crippen LogP contribution < -0.4 is 0 Å². The minimum Gasteiger partial charge on any atom is -0.447 e. The minimum atomic E-state index is -1.49. The summed E-state index contributed by atoms with van der Waals surface area (Å²) in [6.07, 6.45) is 4.26. The Labute approximate surface area is 124 Å². The van der Waals surface area contributed by atoms with Crippen LogP contribution in [0.15, 0.2) is 0 Å². The molecule has 1 fully saturated rings. The molecule has 0 bridgehead atoms. The van der Waals surface area contributed by atoms with E-state index >= 15 is 0 Å². The molecule has 118 valence electrons. The minimum absolute atomic E-state index is 0.0627. The Hall–Kier alpha value is -0.620. The van der Waals surface area contributed by atoms with Crippen LogP contribution >= 0.6 is 0 Å². The first kappa shape index (κ1) is 17.4. The van der Waals surface area contributed by atoms with Crippen molar-refractivity contribution in [2.45, 2.75) is 46.1 Å². The number of ether oxygens (including phenoxy) is 1. The molecule has 0 N–H and O–H groups in total. The van der Waals surface area contributed by atoms with Crippen molar-refractivity contribution in [2.75, 3.05) is 26.0 Å². The molecule has 0 spiro atoms. The van der Waals surface area contributed by atoms with Gasteiger partial charge in [0.15, 0.2) is 0 Å². The zero-order chi connectivity index (χ0) is 15.1. The molecule has 1 unspecified atom stereocenters. The van der Waals surface area contributed by atoms with E-state index in [1.807, 2.05) is 13.8 Å². The van der Waals surface area contributed by atoms with E-state index in [-0.39, 0.29) is 12.2 Å². The van der Waals surface area contributed by atoms with E-state index in [1.165, 1.54) is 0 Å². The number of hydrogen-bond acceptors (Lipinski definition) is 4. The topological polar surface area (TPSA) is 55.8 Å². The van der Waals surface area contributed by atoms with Crippen LogP contribution in [0.1, 0.15) is 40.0 Å². The monoisotopic (exact) mass is 306 g/mol. The molecule has 20 heavy (non-hydrogen) atoms. The van der Waals surface area contributed by atoms with Gasteiger partial charge < -0.3 is 9.64 Å². The molecule has 0 aromatic carbocycles. The lowest BCUT2D eigenvalue weighted by Gasteiger charge is -2.34. The maximum Gasteiger partial charge on any atom is 0.410 e. The van der Waals surface area contributed by atoms with Gasteiger partial charge in [-0.15, -0.1) is 0 Å². The molecular formula is C14H28NO4S+. The van der Waals surface area contributed by atoms with Crippen molar-refractivity contribution in [3.8, 4) is 0 Å². The molecule has 1 heterocycles. The molecule has 1 saturated heterocycles. The van der Waals surface area contributed by atoms with E-state index < -0.39 is 11.1 Å². The second-order valence-corrected chi connectivity index (χ2v) is 6.93. The first-order valence-corrected chi connectivity index (χ1v) is 9.02. The largest absolute Gasteiger partial charge is 0.447 e. The smallest absolute Gasteiger partial charge is 0.410 e. The fourth-order valence-electron chi connectivity index (χ4n) is 2.53. The number of hydrogen-bond donors (Lipinski definition) is 0. The van der Waals surface area contributed by atoms with Crippen LogP contribution in [0.3, 0.4) is 0 Å². The Kier molecular flexibility index (Phi) is 7.51. The number of thiol groups is 1. The van der Waals surface area contributed by atoms with E-state index in [4.69, 9.17) is 8.92 Å². The summed E-state index contributed by atoms with van der Waals surface area (Å²) in [4.78, 5) is 13.6. The standard InChI is InChI=1S/C14H27NO4S/c1-11(2)19-14(16)15-8-5-13(6-9-15)12(3)7-10-18-20(4)17/h11-13H,5-10H2,1-4H3/p+1/t12-,20?/m1/s1. The first-order chi connectivity index (χ1) is 9.40. The summed E-state index contributed by atoms with van der Waals surface area (Å²) in [5.41, 5.74) is 0. The average molecular weight is 306 g/mol. The first-order valence-electron chi connectivity index (χ1n) is 7.39. The highest BCUT2D eigenvalue weighted by molar-refractivity contribution is 7.79. The number of piperidine rings is 1. The number of carbonyl (C=O) groups is 1. The van der Waals surface area contributed by atoms with Crippen LogP contribution in [0.5, 0.6) is 0 Å². The van der Waals surface area contributed by atoms with Crippen LogP contribution in [0.2, 0.25) is 0 Å². The van der Waals surface area contributed by atoms with Crippen LogP contribution in [-0.4, -0.2) is 43.0 Å². The van der Waals surface area contributed by atoms with Crippen molar-refractivity contribution < 1.29 is 17.9 Å². The molecule has 0 saturated carbocycles. The maximum absolute atomic E-state index is 11.8. The van der Waals surface area contributed by atoms with E-state index in [0.29, 0.717) is 18.4 Å². The van der Waals surface area contributed by atoms with Gasteiger partial charge in [0.2, 0.25) is 11.1 Å². The molecule has 1 aliphatic heterocycles. The number of likely N-dealkylation sites (tertiary alicyclic amines) is 1. The molecule has 1 aliphatic rings. The van der Waals surface area contributed by atoms with E-state index in [0.717, 1.165) is 32.4 Å². The fourth-order valence-corrected chi connectivity index (χ4v) is 2.89. The highest BCUT2D eigenvalue weighted by Crippen LogP contribution is 2.27. The zero-order valence-corrected chi connectivity index (χ0v) is 13.9. The molecule has 0 radical (unpaired) electrons. The van der Waals surface area contributed by atoms with Gasteiger partial charge in [0.1, 0.15) is 12.9 Å². The average Bonchev–Trinajstić information content (AvgIpc) is 2.37. The predicted octanol–water partition coefficient (Wildman–Crippen LogP) is 2.53. The van der Waals surface area contributed by atoms with E-state index in [1.54, 1.807) is 11.2 Å². The van der Waals surface area contributed by atoms with Gasteiger partial charge in [-0.25, -0.2) is 4.79 Å². The number of nitrogens with zero attached hydrogens (tertiary/aromatic N) is 1. The Morgan fingerprint density at radius 2 is 1.90 bits per heavy atom. The molecule has 6 heteroatoms. The van der Waals surface area contributed by atoms with E-state index in [9.17, 15) is 9.00 Å². The van der Waals surface area contributed by atoms with Crippen LogP contribution in [0, 0.1) is 11.8 Å². The molecule has 1 rings (SSSR count). The zero-order valence-electron chi connectivity index (χ0n) is 13.0. The van der Waals surface area contributed by atoms with Crippen molar-refractivity contribution in [3.63, 3.8) is 0 Å². The van der Waals surface area contributed by atoms with Crippen molar-refractivity contribution >= 4 is 17.2 Å². The van der Waals surface area contributed by atoms with Crippen LogP contribution in [0.25, 0.3) is 0 Å². The lowest BCUT2D eigenvalue weighted by molar-refractivity contribution is 0.0598. The van der Waals surface area contributed by atoms with E-state index in [2.05, 4.69) is 6.92 Å². The van der Waals surface area contributed by atoms with Gasteiger partial charge in [0.05, 0.1) is 6.10 Å². The van der Waals surface area contributed by atoms with Gasteiger partial charge in [0.25, 0.3) is 0 Å². The van der Waals surface area contributed by atoms with Gasteiger partial charge in [-0.1, -0.05) is 11.1 Å². The molecular weight excluding hydrogens is 278 g/mol. The number of amides is 1. The second-order valence-electron chi connectivity index (χ2n) is 5.80. The number of carbonyl (C=O) groups excluding carboxylic acids is 1. The quantitative estimate of drug-likeness (QED) is 0.559. The van der Waals surface area contributed by atoms with Gasteiger partial charge in [-0.2, -0.15) is 4.18 Å².